The number of benzene rings is 3. The molecular formula is C32H36Cl2N4O2. The number of carbonyl (C=O) groups is 2. The van der Waals surface area contributed by atoms with Crippen molar-refractivity contribution >= 4 is 51.6 Å². The SMILES string of the molecule is CCC(C)N(CC(=O)N(CCc1c[nH]c2ccccc12)Cc1ccc(N(C)C)cc1)C(=O)c1ccc(Cl)c(Cl)c1. The third-order valence-electron chi connectivity index (χ3n) is 7.36. The van der Waals surface area contributed by atoms with E-state index in [2.05, 4.69) is 35.3 Å². The van der Waals surface area contributed by atoms with Crippen molar-refractivity contribution in [1.29, 1.82) is 0 Å². The van der Waals surface area contributed by atoms with Gasteiger partial charge < -0.3 is 19.7 Å². The van der Waals surface area contributed by atoms with Crippen molar-refractivity contribution in [1.82, 2.24) is 14.8 Å². The lowest BCUT2D eigenvalue weighted by molar-refractivity contribution is -0.133. The molecule has 1 N–H and O–H groups in total. The fourth-order valence-electron chi connectivity index (χ4n) is 4.69. The first kappa shape index (κ1) is 29.5. The van der Waals surface area contributed by atoms with Crippen molar-refractivity contribution in [2.24, 2.45) is 0 Å². The second kappa shape index (κ2) is 13.2. The third kappa shape index (κ3) is 6.98. The highest BCUT2D eigenvalue weighted by molar-refractivity contribution is 6.42. The predicted molar refractivity (Wildman–Crippen MR) is 165 cm³/mol. The number of aromatic amines is 1. The molecule has 1 heterocycles. The van der Waals surface area contributed by atoms with Crippen molar-refractivity contribution in [3.05, 3.63) is 99.7 Å². The van der Waals surface area contributed by atoms with Gasteiger partial charge in [-0.05, 0) is 67.3 Å². The summed E-state index contributed by atoms with van der Waals surface area (Å²) < 4.78 is 0. The van der Waals surface area contributed by atoms with Crippen LogP contribution < -0.4 is 4.90 Å². The molecule has 0 aliphatic rings. The van der Waals surface area contributed by atoms with Crippen LogP contribution in [0.15, 0.2) is 72.9 Å². The molecule has 0 aliphatic heterocycles. The smallest absolute Gasteiger partial charge is 0.254 e. The minimum Gasteiger partial charge on any atom is -0.378 e. The zero-order valence-electron chi connectivity index (χ0n) is 23.5. The van der Waals surface area contributed by atoms with E-state index in [1.54, 1.807) is 23.1 Å². The maximum absolute atomic E-state index is 13.9. The van der Waals surface area contributed by atoms with Gasteiger partial charge in [-0.2, -0.15) is 0 Å². The Bertz CT molecular complexity index is 1470. The molecule has 0 spiro atoms. The van der Waals surface area contributed by atoms with E-state index >= 15 is 0 Å². The molecule has 0 saturated carbocycles. The van der Waals surface area contributed by atoms with Gasteiger partial charge in [-0.3, -0.25) is 9.59 Å². The summed E-state index contributed by atoms with van der Waals surface area (Å²) in [4.78, 5) is 36.3. The number of hydrogen-bond donors (Lipinski definition) is 1. The fourth-order valence-corrected chi connectivity index (χ4v) is 4.99. The minimum absolute atomic E-state index is 0.0300. The van der Waals surface area contributed by atoms with Crippen LogP contribution in [0, 0.1) is 0 Å². The Kier molecular flexibility index (Phi) is 9.77. The number of anilines is 1. The van der Waals surface area contributed by atoms with E-state index in [1.165, 1.54) is 0 Å². The monoisotopic (exact) mass is 578 g/mol. The summed E-state index contributed by atoms with van der Waals surface area (Å²) >= 11 is 12.3. The highest BCUT2D eigenvalue weighted by Gasteiger charge is 2.26. The van der Waals surface area contributed by atoms with Crippen LogP contribution in [-0.2, 0) is 17.8 Å². The fraction of sp³-hybridized carbons (Fsp3) is 0.312. The van der Waals surface area contributed by atoms with E-state index in [1.807, 2.05) is 62.1 Å². The number of para-hydroxylation sites is 1. The highest BCUT2D eigenvalue weighted by atomic mass is 35.5. The molecule has 1 unspecified atom stereocenters. The zero-order valence-corrected chi connectivity index (χ0v) is 25.0. The number of hydrogen-bond acceptors (Lipinski definition) is 3. The highest BCUT2D eigenvalue weighted by Crippen LogP contribution is 2.24. The molecule has 0 aliphatic carbocycles. The van der Waals surface area contributed by atoms with Crippen LogP contribution in [0.4, 0.5) is 5.69 Å². The van der Waals surface area contributed by atoms with E-state index in [9.17, 15) is 9.59 Å². The molecule has 2 amide bonds. The molecule has 6 nitrogen and oxygen atoms in total. The van der Waals surface area contributed by atoms with Gasteiger partial charge in [0.25, 0.3) is 5.91 Å². The number of H-pyrrole nitrogens is 1. The Balaban J connectivity index is 1.58. The van der Waals surface area contributed by atoms with Crippen molar-refractivity contribution < 1.29 is 9.59 Å². The molecule has 0 fully saturated rings. The lowest BCUT2D eigenvalue weighted by Gasteiger charge is -2.31. The predicted octanol–water partition coefficient (Wildman–Crippen LogP) is 7.05. The van der Waals surface area contributed by atoms with Crippen molar-refractivity contribution in [3.8, 4) is 0 Å². The number of rotatable bonds is 11. The van der Waals surface area contributed by atoms with Crippen LogP contribution in [0.5, 0.6) is 0 Å². The standard InChI is InChI=1S/C32H36Cl2N4O2/c1-5-22(2)38(32(40)24-12-15-28(33)29(34)18-24)21-31(39)37(20-23-10-13-26(14-11-23)36(3)4)17-16-25-19-35-30-9-7-6-8-27(25)30/h6-15,18-19,22,35H,5,16-17,20-21H2,1-4H3. The number of fused-ring (bicyclic) bond motifs is 1. The average Bonchev–Trinajstić information content (AvgIpc) is 3.37. The van der Waals surface area contributed by atoms with Gasteiger partial charge in [0, 0.05) is 61.6 Å². The summed E-state index contributed by atoms with van der Waals surface area (Å²) in [6.45, 7) is 4.90. The number of amides is 2. The van der Waals surface area contributed by atoms with E-state index in [-0.39, 0.29) is 24.4 Å². The van der Waals surface area contributed by atoms with Crippen molar-refractivity contribution in [2.45, 2.75) is 39.3 Å². The lowest BCUT2D eigenvalue weighted by Crippen LogP contribution is -2.46. The van der Waals surface area contributed by atoms with Gasteiger partial charge in [-0.1, -0.05) is 60.5 Å². The summed E-state index contributed by atoms with van der Waals surface area (Å²) in [5, 5.41) is 1.85. The first-order chi connectivity index (χ1) is 19.2. The van der Waals surface area contributed by atoms with Gasteiger partial charge in [0.1, 0.15) is 6.54 Å². The molecule has 0 bridgehead atoms. The lowest BCUT2D eigenvalue weighted by atomic mass is 10.1. The van der Waals surface area contributed by atoms with Crippen molar-refractivity contribution in [3.63, 3.8) is 0 Å². The molecule has 0 radical (unpaired) electrons. The number of aromatic nitrogens is 1. The summed E-state index contributed by atoms with van der Waals surface area (Å²) in [6.07, 6.45) is 3.41. The Labute approximate surface area is 246 Å². The van der Waals surface area contributed by atoms with Crippen LogP contribution in [0.1, 0.15) is 41.8 Å². The van der Waals surface area contributed by atoms with Crippen LogP contribution in [0.25, 0.3) is 10.9 Å². The Morgan fingerprint density at radius 1 is 0.950 bits per heavy atom. The molecule has 3 aromatic carbocycles. The van der Waals surface area contributed by atoms with Crippen LogP contribution >= 0.6 is 23.2 Å². The number of nitrogens with one attached hydrogen (secondary N) is 1. The molecule has 4 aromatic rings. The Hall–Kier alpha value is -3.48. The summed E-state index contributed by atoms with van der Waals surface area (Å²) in [5.41, 5.74) is 4.76. The second-order valence-corrected chi connectivity index (χ2v) is 11.1. The molecule has 8 heteroatoms. The zero-order chi connectivity index (χ0) is 28.8. The second-order valence-electron chi connectivity index (χ2n) is 10.3. The topological polar surface area (TPSA) is 59.7 Å². The van der Waals surface area contributed by atoms with E-state index in [0.717, 1.165) is 27.7 Å². The average molecular weight is 580 g/mol. The van der Waals surface area contributed by atoms with Gasteiger partial charge >= 0.3 is 0 Å². The van der Waals surface area contributed by atoms with E-state index < -0.39 is 0 Å². The molecular weight excluding hydrogens is 543 g/mol. The molecule has 210 valence electrons. The quantitative estimate of drug-likeness (QED) is 0.207. The van der Waals surface area contributed by atoms with Crippen LogP contribution in [0.2, 0.25) is 10.0 Å². The minimum atomic E-state index is -0.242. The van der Waals surface area contributed by atoms with Gasteiger partial charge in [0.15, 0.2) is 0 Å². The van der Waals surface area contributed by atoms with Crippen molar-refractivity contribution in [2.75, 3.05) is 32.1 Å². The first-order valence-corrected chi connectivity index (χ1v) is 14.3. The first-order valence-electron chi connectivity index (χ1n) is 13.5. The molecule has 0 saturated heterocycles. The maximum atomic E-state index is 13.9. The molecule has 1 aromatic heterocycles. The molecule has 40 heavy (non-hydrogen) atoms. The molecule has 1 atom stereocenters. The summed E-state index contributed by atoms with van der Waals surface area (Å²) in [5.74, 6) is -0.349. The summed E-state index contributed by atoms with van der Waals surface area (Å²) in [6, 6.07) is 21.1. The Morgan fingerprint density at radius 2 is 1.68 bits per heavy atom. The van der Waals surface area contributed by atoms with Crippen LogP contribution in [-0.4, -0.2) is 59.8 Å². The number of carbonyl (C=O) groups excluding carboxylic acids is 2. The number of nitrogens with zero attached hydrogens (tertiary/aromatic N) is 3. The Morgan fingerprint density at radius 3 is 2.35 bits per heavy atom. The van der Waals surface area contributed by atoms with E-state index in [4.69, 9.17) is 23.2 Å². The molecule has 4 rings (SSSR count). The normalized spacial score (nSPS) is 11.8. The van der Waals surface area contributed by atoms with Gasteiger partial charge in [-0.15, -0.1) is 0 Å². The third-order valence-corrected chi connectivity index (χ3v) is 8.10. The van der Waals surface area contributed by atoms with E-state index in [0.29, 0.717) is 41.5 Å². The summed E-state index contributed by atoms with van der Waals surface area (Å²) in [7, 11) is 4.00. The largest absolute Gasteiger partial charge is 0.378 e. The van der Waals surface area contributed by atoms with Gasteiger partial charge in [0.2, 0.25) is 5.91 Å². The van der Waals surface area contributed by atoms with Crippen LogP contribution in [0.3, 0.4) is 0 Å². The van der Waals surface area contributed by atoms with Gasteiger partial charge in [-0.25, -0.2) is 0 Å². The number of halogens is 2. The van der Waals surface area contributed by atoms with Gasteiger partial charge in [0.05, 0.1) is 10.0 Å². The maximum Gasteiger partial charge on any atom is 0.254 e.